The molecule has 1 aliphatic rings. The Morgan fingerprint density at radius 3 is 2.50 bits per heavy atom. The third kappa shape index (κ3) is 1.95. The number of carbonyl (C=O) groups is 1. The first kappa shape index (κ1) is 9.46. The summed E-state index contributed by atoms with van der Waals surface area (Å²) in [5, 5.41) is 0. The van der Waals surface area contributed by atoms with Gasteiger partial charge in [-0.2, -0.15) is 0 Å². The van der Waals surface area contributed by atoms with Crippen LogP contribution in [0.2, 0.25) is 0 Å². The maximum absolute atomic E-state index is 10.9. The summed E-state index contributed by atoms with van der Waals surface area (Å²) in [5.74, 6) is 0. The second kappa shape index (κ2) is 3.85. The fourth-order valence-corrected chi connectivity index (χ4v) is 1.72. The van der Waals surface area contributed by atoms with Crippen molar-refractivity contribution in [3.8, 4) is 0 Å². The fourth-order valence-electron chi connectivity index (χ4n) is 1.72. The number of allylic oxidation sites excluding steroid dienone is 1. The molecule has 0 N–H and O–H groups in total. The van der Waals surface area contributed by atoms with Crippen molar-refractivity contribution < 1.29 is 4.79 Å². The van der Waals surface area contributed by atoms with E-state index in [4.69, 9.17) is 0 Å². The zero-order chi connectivity index (χ0) is 9.03. The summed E-state index contributed by atoms with van der Waals surface area (Å²) in [4.78, 5) is 13.2. The van der Waals surface area contributed by atoms with Crippen molar-refractivity contribution in [1.82, 2.24) is 4.90 Å². The Labute approximate surface area is 74.2 Å². The van der Waals surface area contributed by atoms with Crippen LogP contribution in [0.1, 0.15) is 19.3 Å². The molecule has 0 aromatic rings. The highest BCUT2D eigenvalue weighted by Gasteiger charge is 2.31. The lowest BCUT2D eigenvalue weighted by molar-refractivity contribution is -0.118. The third-order valence-electron chi connectivity index (χ3n) is 2.78. The van der Waals surface area contributed by atoms with Crippen molar-refractivity contribution in [2.45, 2.75) is 19.3 Å². The van der Waals surface area contributed by atoms with Gasteiger partial charge in [0.2, 0.25) is 0 Å². The van der Waals surface area contributed by atoms with E-state index in [2.05, 4.69) is 18.5 Å². The van der Waals surface area contributed by atoms with Crippen LogP contribution < -0.4 is 0 Å². The number of likely N-dealkylation sites (tertiary alicyclic amines) is 1. The number of piperidine rings is 1. The van der Waals surface area contributed by atoms with Crippen molar-refractivity contribution in [3.05, 3.63) is 12.7 Å². The first-order valence-electron chi connectivity index (χ1n) is 4.48. The van der Waals surface area contributed by atoms with Crippen LogP contribution in [0.5, 0.6) is 0 Å². The van der Waals surface area contributed by atoms with Crippen LogP contribution in [0, 0.1) is 5.41 Å². The second-order valence-corrected chi connectivity index (χ2v) is 3.78. The lowest BCUT2D eigenvalue weighted by atomic mass is 9.77. The van der Waals surface area contributed by atoms with Gasteiger partial charge in [-0.05, 0) is 39.4 Å². The van der Waals surface area contributed by atoms with Gasteiger partial charge in [0.25, 0.3) is 0 Å². The van der Waals surface area contributed by atoms with Crippen LogP contribution in [0.25, 0.3) is 0 Å². The Morgan fingerprint density at radius 1 is 1.50 bits per heavy atom. The number of rotatable bonds is 3. The van der Waals surface area contributed by atoms with Gasteiger partial charge in [0.05, 0.1) is 0 Å². The van der Waals surface area contributed by atoms with Crippen molar-refractivity contribution in [1.29, 1.82) is 0 Å². The number of carbonyl (C=O) groups excluding carboxylic acids is 1. The summed E-state index contributed by atoms with van der Waals surface area (Å²) in [5.41, 5.74) is -0.0890. The van der Waals surface area contributed by atoms with Crippen molar-refractivity contribution >= 4 is 6.29 Å². The van der Waals surface area contributed by atoms with Gasteiger partial charge < -0.3 is 9.69 Å². The lowest BCUT2D eigenvalue weighted by Crippen LogP contribution is -2.38. The average Bonchev–Trinajstić information content (AvgIpc) is 2.10. The molecule has 0 amide bonds. The molecule has 1 heterocycles. The molecule has 12 heavy (non-hydrogen) atoms. The Morgan fingerprint density at radius 2 is 2.08 bits per heavy atom. The molecule has 0 saturated carbocycles. The van der Waals surface area contributed by atoms with Gasteiger partial charge in [-0.3, -0.25) is 0 Å². The molecular weight excluding hydrogens is 150 g/mol. The van der Waals surface area contributed by atoms with E-state index in [1.807, 2.05) is 6.08 Å². The zero-order valence-corrected chi connectivity index (χ0v) is 7.75. The normalized spacial score (nSPS) is 23.4. The van der Waals surface area contributed by atoms with Gasteiger partial charge in [-0.1, -0.05) is 6.08 Å². The van der Waals surface area contributed by atoms with Gasteiger partial charge in [0.1, 0.15) is 6.29 Å². The Kier molecular flexibility index (Phi) is 3.04. The third-order valence-corrected chi connectivity index (χ3v) is 2.78. The molecule has 68 valence electrons. The topological polar surface area (TPSA) is 20.3 Å². The van der Waals surface area contributed by atoms with E-state index in [1.54, 1.807) is 0 Å². The molecule has 0 radical (unpaired) electrons. The minimum Gasteiger partial charge on any atom is -0.306 e. The van der Waals surface area contributed by atoms with Crippen LogP contribution in [-0.4, -0.2) is 31.3 Å². The van der Waals surface area contributed by atoms with Crippen molar-refractivity contribution in [2.75, 3.05) is 20.1 Å². The largest absolute Gasteiger partial charge is 0.306 e. The molecule has 1 fully saturated rings. The molecule has 0 atom stereocenters. The predicted molar refractivity (Wildman–Crippen MR) is 50.0 cm³/mol. The molecule has 2 nitrogen and oxygen atoms in total. The molecule has 1 saturated heterocycles. The van der Waals surface area contributed by atoms with Gasteiger partial charge in [0, 0.05) is 5.41 Å². The highest BCUT2D eigenvalue weighted by Crippen LogP contribution is 2.32. The summed E-state index contributed by atoms with van der Waals surface area (Å²) < 4.78 is 0. The zero-order valence-electron chi connectivity index (χ0n) is 7.75. The first-order valence-corrected chi connectivity index (χ1v) is 4.48. The van der Waals surface area contributed by atoms with E-state index in [-0.39, 0.29) is 5.41 Å². The highest BCUT2D eigenvalue weighted by molar-refractivity contribution is 5.60. The van der Waals surface area contributed by atoms with Gasteiger partial charge in [-0.15, -0.1) is 6.58 Å². The average molecular weight is 167 g/mol. The van der Waals surface area contributed by atoms with E-state index in [1.165, 1.54) is 0 Å². The summed E-state index contributed by atoms with van der Waals surface area (Å²) in [6.45, 7) is 5.76. The van der Waals surface area contributed by atoms with Gasteiger partial charge >= 0.3 is 0 Å². The quantitative estimate of drug-likeness (QED) is 0.468. The number of aldehydes is 1. The molecule has 1 aliphatic heterocycles. The predicted octanol–water partition coefficient (Wildman–Crippen LogP) is 1.47. The van der Waals surface area contributed by atoms with E-state index in [0.717, 1.165) is 38.6 Å². The molecule has 0 spiro atoms. The smallest absolute Gasteiger partial charge is 0.126 e. The van der Waals surface area contributed by atoms with E-state index >= 15 is 0 Å². The van der Waals surface area contributed by atoms with E-state index < -0.39 is 0 Å². The molecule has 0 bridgehead atoms. The molecule has 1 rings (SSSR count). The summed E-state index contributed by atoms with van der Waals surface area (Å²) in [7, 11) is 2.10. The molecule has 0 aromatic carbocycles. The molecule has 2 heteroatoms. The number of hydrogen-bond acceptors (Lipinski definition) is 2. The minimum atomic E-state index is -0.0890. The maximum atomic E-state index is 10.9. The minimum absolute atomic E-state index is 0.0890. The Balaban J connectivity index is 2.56. The van der Waals surface area contributed by atoms with Gasteiger partial charge in [-0.25, -0.2) is 0 Å². The van der Waals surface area contributed by atoms with E-state index in [9.17, 15) is 4.79 Å². The van der Waals surface area contributed by atoms with Gasteiger partial charge in [0.15, 0.2) is 0 Å². The van der Waals surface area contributed by atoms with E-state index in [0.29, 0.717) is 0 Å². The van der Waals surface area contributed by atoms with Crippen LogP contribution in [0.4, 0.5) is 0 Å². The lowest BCUT2D eigenvalue weighted by Gasteiger charge is -2.35. The second-order valence-electron chi connectivity index (χ2n) is 3.78. The van der Waals surface area contributed by atoms with Crippen LogP contribution >= 0.6 is 0 Å². The highest BCUT2D eigenvalue weighted by atomic mass is 16.1. The van der Waals surface area contributed by atoms with Crippen molar-refractivity contribution in [2.24, 2.45) is 5.41 Å². The molecule has 0 aliphatic carbocycles. The van der Waals surface area contributed by atoms with Crippen LogP contribution in [0.3, 0.4) is 0 Å². The Bertz CT molecular complexity index is 169. The summed E-state index contributed by atoms with van der Waals surface area (Å²) >= 11 is 0. The standard InChI is InChI=1S/C10H17NO/c1-3-4-10(9-12)5-7-11(2)8-6-10/h3,9H,1,4-8H2,2H3. The summed E-state index contributed by atoms with van der Waals surface area (Å²) in [6, 6.07) is 0. The maximum Gasteiger partial charge on any atom is 0.126 e. The molecule has 0 aromatic heterocycles. The van der Waals surface area contributed by atoms with Crippen molar-refractivity contribution in [3.63, 3.8) is 0 Å². The number of hydrogen-bond donors (Lipinski definition) is 0. The van der Waals surface area contributed by atoms with Crippen LogP contribution in [0.15, 0.2) is 12.7 Å². The van der Waals surface area contributed by atoms with Crippen LogP contribution in [-0.2, 0) is 4.79 Å². The Hall–Kier alpha value is -0.630. The molecule has 0 unspecified atom stereocenters. The first-order chi connectivity index (χ1) is 5.72. The monoisotopic (exact) mass is 167 g/mol. The fraction of sp³-hybridized carbons (Fsp3) is 0.700. The SMILES string of the molecule is C=CCC1(C=O)CCN(C)CC1. The number of nitrogens with zero attached hydrogens (tertiary/aromatic N) is 1. The molecular formula is C10H17NO. The summed E-state index contributed by atoms with van der Waals surface area (Å²) in [6.07, 6.45) is 5.80.